The average molecular weight is 468 g/mol. The molecule has 0 N–H and O–H groups in total. The lowest BCUT2D eigenvalue weighted by molar-refractivity contribution is 0.346. The van der Waals surface area contributed by atoms with Gasteiger partial charge < -0.3 is 4.57 Å². The second-order valence-electron chi connectivity index (χ2n) is 8.11. The highest BCUT2D eigenvalue weighted by atomic mass is 32.2. The molecule has 0 saturated carbocycles. The predicted molar refractivity (Wildman–Crippen MR) is 123 cm³/mol. The lowest BCUT2D eigenvalue weighted by atomic mass is 10.2. The summed E-state index contributed by atoms with van der Waals surface area (Å²) in [5, 5.41) is 3.94. The van der Waals surface area contributed by atoms with Crippen LogP contribution in [0.5, 0.6) is 0 Å². The van der Waals surface area contributed by atoms with E-state index in [0.29, 0.717) is 36.8 Å². The van der Waals surface area contributed by atoms with E-state index in [4.69, 9.17) is 9.51 Å². The quantitative estimate of drug-likeness (QED) is 0.432. The van der Waals surface area contributed by atoms with Gasteiger partial charge in [-0.05, 0) is 38.0 Å². The van der Waals surface area contributed by atoms with Gasteiger partial charge in [-0.3, -0.25) is 4.52 Å². The number of fused-ring (bicyclic) bond motifs is 1. The second-order valence-corrected chi connectivity index (χ2v) is 10.0. The third-order valence-corrected chi connectivity index (χ3v) is 7.98. The van der Waals surface area contributed by atoms with Crippen LogP contribution in [0.4, 0.5) is 0 Å². The maximum absolute atomic E-state index is 13.1. The van der Waals surface area contributed by atoms with Crippen LogP contribution in [0.3, 0.4) is 0 Å². The number of nitrogens with zero attached hydrogens (tertiary/aromatic N) is 5. The summed E-state index contributed by atoms with van der Waals surface area (Å²) in [6, 6.07) is 14.4. The van der Waals surface area contributed by atoms with Crippen molar-refractivity contribution in [3.63, 3.8) is 0 Å². The third kappa shape index (κ3) is 3.89. The van der Waals surface area contributed by atoms with Crippen LogP contribution in [0.1, 0.15) is 32.0 Å². The Labute approximate surface area is 191 Å². The first-order valence-electron chi connectivity index (χ1n) is 11.1. The van der Waals surface area contributed by atoms with Crippen LogP contribution in [-0.4, -0.2) is 45.1 Å². The molecule has 1 fully saturated rings. The third-order valence-electron chi connectivity index (χ3n) is 6.09. The summed E-state index contributed by atoms with van der Waals surface area (Å²) in [4.78, 5) is 17.4. The molecule has 0 radical (unpaired) electrons. The van der Waals surface area contributed by atoms with E-state index in [0.717, 1.165) is 30.3 Å². The van der Waals surface area contributed by atoms with Crippen LogP contribution in [0.2, 0.25) is 0 Å². The first-order chi connectivity index (χ1) is 16.0. The van der Waals surface area contributed by atoms with Gasteiger partial charge in [0.15, 0.2) is 5.82 Å². The van der Waals surface area contributed by atoms with Gasteiger partial charge in [0.25, 0.3) is 0 Å². The minimum atomic E-state index is -3.56. The molecule has 0 aliphatic carbocycles. The van der Waals surface area contributed by atoms with Crippen molar-refractivity contribution in [2.75, 3.05) is 13.1 Å². The Kier molecular flexibility index (Phi) is 5.63. The Morgan fingerprint density at radius 2 is 1.76 bits per heavy atom. The van der Waals surface area contributed by atoms with E-state index in [1.54, 1.807) is 22.5 Å². The Morgan fingerprint density at radius 3 is 2.48 bits per heavy atom. The van der Waals surface area contributed by atoms with Gasteiger partial charge in [-0.2, -0.15) is 4.31 Å². The molecule has 172 valence electrons. The molecule has 33 heavy (non-hydrogen) atoms. The Morgan fingerprint density at radius 1 is 1.00 bits per heavy atom. The number of sulfonamides is 1. The maximum atomic E-state index is 13.1. The van der Waals surface area contributed by atoms with Crippen LogP contribution in [0.15, 0.2) is 62.7 Å². The molecule has 0 amide bonds. The SMILES string of the molecule is CCn1c(Cn2c(-c3ccccc3)noc2=O)nc2cc(S(=O)(=O)N3CCCCC3)ccc21. The Bertz CT molecular complexity index is 1450. The summed E-state index contributed by atoms with van der Waals surface area (Å²) < 4.78 is 36.1. The summed E-state index contributed by atoms with van der Waals surface area (Å²) in [7, 11) is -3.56. The molecular weight excluding hydrogens is 442 g/mol. The normalized spacial score (nSPS) is 15.3. The second kappa shape index (κ2) is 8.60. The number of aromatic nitrogens is 4. The Hall–Kier alpha value is -3.24. The standard InChI is InChI=1S/C23H25N5O4S/c1-2-27-20-12-11-18(33(30,31)26-13-7-4-8-14-26)15-19(20)24-21(27)16-28-22(25-32-23(28)29)17-9-5-3-6-10-17/h3,5-6,9-12,15H,2,4,7-8,13-14,16H2,1H3. The van der Waals surface area contributed by atoms with Gasteiger partial charge in [-0.25, -0.2) is 22.8 Å². The van der Waals surface area contributed by atoms with Crippen molar-refractivity contribution >= 4 is 21.1 Å². The van der Waals surface area contributed by atoms with Crippen LogP contribution in [0, 0.1) is 0 Å². The Balaban J connectivity index is 1.54. The number of hydrogen-bond acceptors (Lipinski definition) is 6. The molecule has 2 aromatic heterocycles. The summed E-state index contributed by atoms with van der Waals surface area (Å²) in [6.07, 6.45) is 2.82. The number of rotatable bonds is 6. The molecule has 1 aliphatic rings. The van der Waals surface area contributed by atoms with Gasteiger partial charge in [-0.1, -0.05) is 41.9 Å². The first-order valence-corrected chi connectivity index (χ1v) is 12.5. The lowest BCUT2D eigenvalue weighted by Crippen LogP contribution is -2.35. The molecule has 4 aromatic rings. The topological polar surface area (TPSA) is 103 Å². The van der Waals surface area contributed by atoms with Gasteiger partial charge in [0, 0.05) is 25.2 Å². The van der Waals surface area contributed by atoms with Crippen molar-refractivity contribution < 1.29 is 12.9 Å². The van der Waals surface area contributed by atoms with Gasteiger partial charge >= 0.3 is 5.76 Å². The van der Waals surface area contributed by atoms with E-state index in [1.807, 2.05) is 41.8 Å². The van der Waals surface area contributed by atoms with E-state index in [1.165, 1.54) is 4.57 Å². The summed E-state index contributed by atoms with van der Waals surface area (Å²) in [5.74, 6) is 0.475. The minimum absolute atomic E-state index is 0.156. The van der Waals surface area contributed by atoms with Crippen molar-refractivity contribution in [1.29, 1.82) is 0 Å². The number of imidazole rings is 1. The van der Waals surface area contributed by atoms with Crippen LogP contribution in [-0.2, 0) is 23.1 Å². The van der Waals surface area contributed by atoms with Crippen LogP contribution >= 0.6 is 0 Å². The fourth-order valence-electron chi connectivity index (χ4n) is 4.39. The van der Waals surface area contributed by atoms with E-state index in [9.17, 15) is 13.2 Å². The number of piperidine rings is 1. The van der Waals surface area contributed by atoms with Gasteiger partial charge in [0.1, 0.15) is 5.82 Å². The van der Waals surface area contributed by atoms with Crippen molar-refractivity contribution in [1.82, 2.24) is 23.6 Å². The molecule has 0 spiro atoms. The zero-order valence-electron chi connectivity index (χ0n) is 18.3. The van der Waals surface area contributed by atoms with E-state index in [-0.39, 0.29) is 11.4 Å². The van der Waals surface area contributed by atoms with Gasteiger partial charge in [0.2, 0.25) is 10.0 Å². The molecule has 10 heteroatoms. The van der Waals surface area contributed by atoms with Crippen molar-refractivity contribution in [3.8, 4) is 11.4 Å². The smallest absolute Gasteiger partial charge is 0.327 e. The number of hydrogen-bond donors (Lipinski definition) is 0. The number of benzene rings is 2. The van der Waals surface area contributed by atoms with E-state index in [2.05, 4.69) is 5.16 Å². The fourth-order valence-corrected chi connectivity index (χ4v) is 5.93. The highest BCUT2D eigenvalue weighted by Crippen LogP contribution is 2.26. The van der Waals surface area contributed by atoms with Crippen LogP contribution < -0.4 is 5.76 Å². The highest BCUT2D eigenvalue weighted by molar-refractivity contribution is 7.89. The maximum Gasteiger partial charge on any atom is 0.442 e. The molecule has 0 unspecified atom stereocenters. The molecule has 5 rings (SSSR count). The lowest BCUT2D eigenvalue weighted by Gasteiger charge is -2.25. The van der Waals surface area contributed by atoms with E-state index >= 15 is 0 Å². The molecule has 1 saturated heterocycles. The zero-order valence-corrected chi connectivity index (χ0v) is 19.2. The molecule has 0 bridgehead atoms. The molecule has 3 heterocycles. The molecule has 2 aromatic carbocycles. The monoisotopic (exact) mass is 467 g/mol. The summed E-state index contributed by atoms with van der Waals surface area (Å²) in [5.41, 5.74) is 2.16. The van der Waals surface area contributed by atoms with Crippen molar-refractivity contribution in [2.24, 2.45) is 0 Å². The first kappa shape index (κ1) is 21.6. The van der Waals surface area contributed by atoms with Gasteiger partial charge in [0.05, 0.1) is 22.5 Å². The highest BCUT2D eigenvalue weighted by Gasteiger charge is 2.27. The predicted octanol–water partition coefficient (Wildman–Crippen LogP) is 3.10. The summed E-state index contributed by atoms with van der Waals surface area (Å²) >= 11 is 0. The van der Waals surface area contributed by atoms with Crippen LogP contribution in [0.25, 0.3) is 22.4 Å². The summed E-state index contributed by atoms with van der Waals surface area (Å²) in [6.45, 7) is 3.85. The molecule has 0 atom stereocenters. The average Bonchev–Trinajstić information content (AvgIpc) is 3.39. The fraction of sp³-hybridized carbons (Fsp3) is 0.348. The van der Waals surface area contributed by atoms with E-state index < -0.39 is 15.8 Å². The molecular formula is C23H25N5O4S. The minimum Gasteiger partial charge on any atom is -0.327 e. The molecule has 1 aliphatic heterocycles. The molecule has 9 nitrogen and oxygen atoms in total. The van der Waals surface area contributed by atoms with Crippen molar-refractivity contribution in [3.05, 3.63) is 64.9 Å². The largest absolute Gasteiger partial charge is 0.442 e. The zero-order chi connectivity index (χ0) is 23.0. The number of aryl methyl sites for hydroxylation is 1. The van der Waals surface area contributed by atoms with Gasteiger partial charge in [-0.15, -0.1) is 0 Å². The van der Waals surface area contributed by atoms with Crippen molar-refractivity contribution in [2.45, 2.75) is 44.2 Å².